The van der Waals surface area contributed by atoms with Crippen LogP contribution in [0.2, 0.25) is 5.32 Å². The Balaban J connectivity index is 1.65. The molecule has 0 radical (unpaired) electrons. The molecule has 4 heteroatoms. The van der Waals surface area contributed by atoms with Gasteiger partial charge in [0.25, 0.3) is 0 Å². The van der Waals surface area contributed by atoms with Crippen molar-refractivity contribution in [3.8, 4) is 0 Å². The molecular formula is C17H20O3Se. The van der Waals surface area contributed by atoms with Gasteiger partial charge in [-0.1, -0.05) is 0 Å². The zero-order valence-corrected chi connectivity index (χ0v) is 14.1. The van der Waals surface area contributed by atoms with E-state index in [2.05, 4.69) is 19.9 Å². The van der Waals surface area contributed by atoms with Crippen LogP contribution in [0, 0.1) is 16.7 Å². The maximum atomic E-state index is 12.2. The Labute approximate surface area is 127 Å². The molecule has 4 atom stereocenters. The molecule has 4 unspecified atom stereocenters. The molecule has 2 aliphatic carbocycles. The van der Waals surface area contributed by atoms with Gasteiger partial charge in [0.1, 0.15) is 0 Å². The Morgan fingerprint density at radius 2 is 2.10 bits per heavy atom. The van der Waals surface area contributed by atoms with Gasteiger partial charge in [0.05, 0.1) is 0 Å². The first-order chi connectivity index (χ1) is 9.99. The number of carbonyl (C=O) groups is 1. The van der Waals surface area contributed by atoms with Crippen LogP contribution >= 0.6 is 0 Å². The molecule has 2 heterocycles. The summed E-state index contributed by atoms with van der Waals surface area (Å²) in [6.45, 7) is 4.82. The van der Waals surface area contributed by atoms with Gasteiger partial charge in [-0.2, -0.15) is 0 Å². The second-order valence-electron chi connectivity index (χ2n) is 7.56. The Kier molecular flexibility index (Phi) is 2.15. The van der Waals surface area contributed by atoms with E-state index in [0.29, 0.717) is 11.5 Å². The number of hydrogen-bond acceptors (Lipinski definition) is 3. The van der Waals surface area contributed by atoms with Crippen LogP contribution in [-0.4, -0.2) is 25.6 Å². The van der Waals surface area contributed by atoms with Gasteiger partial charge in [0.2, 0.25) is 0 Å². The van der Waals surface area contributed by atoms with E-state index < -0.39 is 13.5 Å². The number of fused-ring (bicyclic) bond motifs is 3. The van der Waals surface area contributed by atoms with Crippen molar-refractivity contribution in [3.63, 3.8) is 0 Å². The SMILES string of the molecule is CC1(C)C2CCC13C[Se]1(OC(=O)c4ccccc41)OC3C2. The number of rotatable bonds is 0. The molecule has 0 N–H and O–H groups in total. The van der Waals surface area contributed by atoms with Gasteiger partial charge in [0.15, 0.2) is 0 Å². The summed E-state index contributed by atoms with van der Waals surface area (Å²) in [5, 5.41) is 0.987. The van der Waals surface area contributed by atoms with Crippen molar-refractivity contribution in [3.05, 3.63) is 29.8 Å². The van der Waals surface area contributed by atoms with Crippen molar-refractivity contribution >= 4 is 23.9 Å². The second kappa shape index (κ2) is 3.56. The van der Waals surface area contributed by atoms with Crippen LogP contribution in [0.1, 0.15) is 43.5 Å². The molecule has 3 fully saturated rings. The Bertz CT molecular complexity index is 670. The first kappa shape index (κ1) is 12.7. The fraction of sp³-hybridized carbons (Fsp3) is 0.588. The predicted octanol–water partition coefficient (Wildman–Crippen LogP) is 2.73. The van der Waals surface area contributed by atoms with Gasteiger partial charge in [-0.3, -0.25) is 0 Å². The molecule has 0 aromatic heterocycles. The first-order valence-electron chi connectivity index (χ1n) is 7.81. The van der Waals surface area contributed by atoms with E-state index in [4.69, 9.17) is 7.64 Å². The number of carbonyl (C=O) groups excluding carboxylic acids is 1. The van der Waals surface area contributed by atoms with Crippen LogP contribution in [-0.2, 0) is 7.64 Å². The molecule has 21 heavy (non-hydrogen) atoms. The average Bonchev–Trinajstić information content (AvgIpc) is 3.08. The molecule has 1 aromatic rings. The summed E-state index contributed by atoms with van der Waals surface area (Å²) >= 11 is -2.77. The molecule has 1 aromatic carbocycles. The fourth-order valence-corrected chi connectivity index (χ4v) is 13.0. The Hall–Kier alpha value is -0.831. The zero-order valence-electron chi connectivity index (χ0n) is 12.4. The third-order valence-electron chi connectivity index (χ3n) is 6.73. The maximum absolute atomic E-state index is 12.2. The summed E-state index contributed by atoms with van der Waals surface area (Å²) in [5.41, 5.74) is 1.32. The Morgan fingerprint density at radius 1 is 1.29 bits per heavy atom. The average molecular weight is 351 g/mol. The topological polar surface area (TPSA) is 35.5 Å². The molecular weight excluding hydrogens is 331 g/mol. The molecule has 2 spiro atoms. The fourth-order valence-electron chi connectivity index (χ4n) is 5.33. The summed E-state index contributed by atoms with van der Waals surface area (Å²) in [7, 11) is 0. The molecule has 3 nitrogen and oxygen atoms in total. The molecule has 1 saturated heterocycles. The second-order valence-corrected chi connectivity index (χ2v) is 12.4. The minimum absolute atomic E-state index is 0.158. The Morgan fingerprint density at radius 3 is 2.86 bits per heavy atom. The molecule has 0 amide bonds. The molecule has 2 bridgehead atoms. The van der Waals surface area contributed by atoms with Crippen LogP contribution in [0.15, 0.2) is 24.3 Å². The standard InChI is InChI=1S/C17H20O3Se/c1-16(2)11-7-8-17(16)10-21(19-14(17)9-11)13-6-4-3-5-12(13)15(18)20-21/h3-6,11,14H,7-10H2,1-2H3. The number of benzene rings is 1. The summed E-state index contributed by atoms with van der Waals surface area (Å²) in [5.74, 6) is 0.624. The van der Waals surface area contributed by atoms with E-state index in [-0.39, 0.29) is 11.4 Å². The molecule has 112 valence electrons. The third-order valence-corrected chi connectivity index (χ3v) is 12.8. The summed E-state index contributed by atoms with van der Waals surface area (Å²) in [6.07, 6.45) is 4.03. The molecule has 2 saturated carbocycles. The van der Waals surface area contributed by atoms with Crippen molar-refractivity contribution < 1.29 is 12.4 Å². The van der Waals surface area contributed by atoms with Gasteiger partial charge in [-0.25, -0.2) is 0 Å². The molecule has 4 aliphatic rings. The first-order valence-corrected chi connectivity index (χ1v) is 11.3. The van der Waals surface area contributed by atoms with E-state index in [1.165, 1.54) is 12.8 Å². The van der Waals surface area contributed by atoms with Gasteiger partial charge in [0, 0.05) is 0 Å². The monoisotopic (exact) mass is 352 g/mol. The van der Waals surface area contributed by atoms with E-state index in [1.807, 2.05) is 18.2 Å². The van der Waals surface area contributed by atoms with E-state index in [9.17, 15) is 4.79 Å². The van der Waals surface area contributed by atoms with Gasteiger partial charge in [-0.05, 0) is 0 Å². The van der Waals surface area contributed by atoms with Crippen LogP contribution < -0.4 is 4.46 Å². The van der Waals surface area contributed by atoms with Crippen LogP contribution in [0.3, 0.4) is 0 Å². The zero-order chi connectivity index (χ0) is 14.5. The third kappa shape index (κ3) is 1.25. The predicted molar refractivity (Wildman–Crippen MR) is 80.5 cm³/mol. The van der Waals surface area contributed by atoms with Crippen molar-refractivity contribution in [2.24, 2.45) is 16.7 Å². The van der Waals surface area contributed by atoms with Crippen LogP contribution in [0.25, 0.3) is 0 Å². The summed E-state index contributed by atoms with van der Waals surface area (Å²) < 4.78 is 13.7. The number of hydrogen-bond donors (Lipinski definition) is 0. The van der Waals surface area contributed by atoms with Crippen LogP contribution in [0.5, 0.6) is 0 Å². The quantitative estimate of drug-likeness (QED) is 0.675. The van der Waals surface area contributed by atoms with E-state index >= 15 is 0 Å². The van der Waals surface area contributed by atoms with E-state index in [0.717, 1.165) is 27.7 Å². The van der Waals surface area contributed by atoms with Gasteiger partial charge >= 0.3 is 127 Å². The molecule has 5 rings (SSSR count). The summed E-state index contributed by atoms with van der Waals surface area (Å²) in [4.78, 5) is 12.2. The van der Waals surface area contributed by atoms with E-state index in [1.54, 1.807) is 0 Å². The summed E-state index contributed by atoms with van der Waals surface area (Å²) in [6, 6.07) is 7.89. The molecule has 2 aliphatic heterocycles. The van der Waals surface area contributed by atoms with Crippen molar-refractivity contribution in [2.75, 3.05) is 0 Å². The van der Waals surface area contributed by atoms with Gasteiger partial charge < -0.3 is 0 Å². The van der Waals surface area contributed by atoms with Crippen molar-refractivity contribution in [2.45, 2.75) is 44.5 Å². The normalized spacial score (nSPS) is 48.0. The van der Waals surface area contributed by atoms with Gasteiger partial charge in [-0.15, -0.1) is 0 Å². The van der Waals surface area contributed by atoms with Crippen molar-refractivity contribution in [1.29, 1.82) is 0 Å². The minimum atomic E-state index is -2.77. The van der Waals surface area contributed by atoms with Crippen molar-refractivity contribution in [1.82, 2.24) is 0 Å². The van der Waals surface area contributed by atoms with Crippen LogP contribution in [0.4, 0.5) is 0 Å².